The van der Waals surface area contributed by atoms with Crippen molar-refractivity contribution in [3.8, 4) is 11.3 Å². The van der Waals surface area contributed by atoms with Crippen LogP contribution in [0.25, 0.3) is 11.3 Å². The number of carbonyl (C=O) groups excluding carboxylic acids is 1. The second kappa shape index (κ2) is 6.30. The van der Waals surface area contributed by atoms with E-state index in [0.29, 0.717) is 17.8 Å². The van der Waals surface area contributed by atoms with Crippen molar-refractivity contribution >= 4 is 5.91 Å². The second-order valence-corrected chi connectivity index (χ2v) is 4.65. The van der Waals surface area contributed by atoms with Crippen molar-refractivity contribution in [2.75, 3.05) is 20.2 Å². The number of pyridine rings is 1. The monoisotopic (exact) mass is 270 g/mol. The lowest BCUT2D eigenvalue weighted by Gasteiger charge is -2.17. The van der Waals surface area contributed by atoms with Gasteiger partial charge in [0.05, 0.1) is 23.6 Å². The fourth-order valence-corrected chi connectivity index (χ4v) is 2.01. The Hall–Kier alpha value is -2.20. The largest absolute Gasteiger partial charge is 0.395 e. The molecule has 1 aromatic heterocycles. The molecule has 0 fully saturated rings. The molecule has 1 N–H and O–H groups in total. The van der Waals surface area contributed by atoms with Crippen LogP contribution >= 0.6 is 0 Å². The van der Waals surface area contributed by atoms with Crippen LogP contribution in [-0.4, -0.2) is 41.1 Å². The van der Waals surface area contributed by atoms with Gasteiger partial charge in [0.1, 0.15) is 0 Å². The second-order valence-electron chi connectivity index (χ2n) is 4.65. The average molecular weight is 270 g/mol. The summed E-state index contributed by atoms with van der Waals surface area (Å²) in [5.74, 6) is -0.122. The average Bonchev–Trinajstić information content (AvgIpc) is 2.47. The van der Waals surface area contributed by atoms with E-state index in [1.54, 1.807) is 13.1 Å². The molecule has 4 nitrogen and oxygen atoms in total. The highest BCUT2D eigenvalue weighted by Gasteiger charge is 2.15. The van der Waals surface area contributed by atoms with E-state index in [2.05, 4.69) is 4.98 Å². The number of benzene rings is 1. The summed E-state index contributed by atoms with van der Waals surface area (Å²) in [6, 6.07) is 13.5. The number of amides is 1. The number of aromatic nitrogens is 1. The maximum Gasteiger partial charge on any atom is 0.255 e. The summed E-state index contributed by atoms with van der Waals surface area (Å²) in [6.45, 7) is 2.10. The molecule has 0 bridgehead atoms. The van der Waals surface area contributed by atoms with E-state index < -0.39 is 0 Å². The zero-order valence-electron chi connectivity index (χ0n) is 11.7. The van der Waals surface area contributed by atoms with Crippen LogP contribution in [0.1, 0.15) is 16.1 Å². The van der Waals surface area contributed by atoms with Crippen molar-refractivity contribution in [1.82, 2.24) is 9.88 Å². The number of carbonyl (C=O) groups is 1. The van der Waals surface area contributed by atoms with E-state index in [1.165, 1.54) is 4.90 Å². The van der Waals surface area contributed by atoms with Crippen LogP contribution in [0.4, 0.5) is 0 Å². The highest BCUT2D eigenvalue weighted by Crippen LogP contribution is 2.19. The van der Waals surface area contributed by atoms with Crippen molar-refractivity contribution < 1.29 is 9.90 Å². The molecule has 0 unspecified atom stereocenters. The minimum atomic E-state index is -0.122. The lowest BCUT2D eigenvalue weighted by atomic mass is 10.1. The first kappa shape index (κ1) is 14.2. The summed E-state index contributed by atoms with van der Waals surface area (Å²) in [5.41, 5.74) is 3.14. The van der Waals surface area contributed by atoms with Gasteiger partial charge < -0.3 is 10.0 Å². The zero-order chi connectivity index (χ0) is 14.5. The van der Waals surface area contributed by atoms with Crippen LogP contribution < -0.4 is 0 Å². The molecule has 1 heterocycles. The molecule has 2 aromatic rings. The highest BCUT2D eigenvalue weighted by atomic mass is 16.3. The molecular weight excluding hydrogens is 252 g/mol. The van der Waals surface area contributed by atoms with Gasteiger partial charge in [-0.05, 0) is 19.1 Å². The first-order chi connectivity index (χ1) is 9.63. The van der Waals surface area contributed by atoms with Crippen molar-refractivity contribution in [3.63, 3.8) is 0 Å². The smallest absolute Gasteiger partial charge is 0.255 e. The molecule has 0 saturated heterocycles. The van der Waals surface area contributed by atoms with E-state index in [9.17, 15) is 4.79 Å². The summed E-state index contributed by atoms with van der Waals surface area (Å²) < 4.78 is 0. The first-order valence-electron chi connectivity index (χ1n) is 6.53. The van der Waals surface area contributed by atoms with Gasteiger partial charge in [0.25, 0.3) is 5.91 Å². The molecule has 104 valence electrons. The predicted octanol–water partition coefficient (Wildman–Crippen LogP) is 2.12. The molecule has 1 amide bonds. The number of likely N-dealkylation sites (N-methyl/N-ethyl adjacent to an activating group) is 1. The fourth-order valence-electron chi connectivity index (χ4n) is 2.01. The number of nitrogens with zero attached hydrogens (tertiary/aromatic N) is 2. The maximum absolute atomic E-state index is 12.2. The molecule has 0 saturated carbocycles. The molecule has 2 rings (SSSR count). The number of rotatable bonds is 4. The molecule has 20 heavy (non-hydrogen) atoms. The Balaban J connectivity index is 2.29. The van der Waals surface area contributed by atoms with Crippen molar-refractivity contribution in [2.24, 2.45) is 0 Å². The third kappa shape index (κ3) is 3.03. The summed E-state index contributed by atoms with van der Waals surface area (Å²) in [7, 11) is 1.67. The van der Waals surface area contributed by atoms with Gasteiger partial charge in [0.15, 0.2) is 0 Å². The number of aliphatic hydroxyl groups excluding tert-OH is 1. The molecule has 0 radical (unpaired) electrons. The Bertz CT molecular complexity index is 597. The predicted molar refractivity (Wildman–Crippen MR) is 78.5 cm³/mol. The molecule has 0 aliphatic carbocycles. The maximum atomic E-state index is 12.2. The summed E-state index contributed by atoms with van der Waals surface area (Å²) in [4.78, 5) is 18.2. The molecular formula is C16H18N2O2. The molecule has 4 heteroatoms. The van der Waals surface area contributed by atoms with Gasteiger partial charge in [-0.25, -0.2) is 0 Å². The summed E-state index contributed by atoms with van der Waals surface area (Å²) >= 11 is 0. The van der Waals surface area contributed by atoms with Crippen LogP contribution in [-0.2, 0) is 0 Å². The van der Waals surface area contributed by atoms with Crippen LogP contribution in [0.3, 0.4) is 0 Å². The lowest BCUT2D eigenvalue weighted by molar-refractivity contribution is 0.0766. The minimum absolute atomic E-state index is 0.0448. The molecule has 0 aliphatic rings. The van der Waals surface area contributed by atoms with Gasteiger partial charge >= 0.3 is 0 Å². The van der Waals surface area contributed by atoms with Gasteiger partial charge in [-0.15, -0.1) is 0 Å². The van der Waals surface area contributed by atoms with E-state index in [4.69, 9.17) is 5.11 Å². The quantitative estimate of drug-likeness (QED) is 0.926. The van der Waals surface area contributed by atoms with Crippen LogP contribution in [0.5, 0.6) is 0 Å². The van der Waals surface area contributed by atoms with Crippen LogP contribution in [0.15, 0.2) is 42.5 Å². The normalized spacial score (nSPS) is 10.3. The van der Waals surface area contributed by atoms with E-state index >= 15 is 0 Å². The first-order valence-corrected chi connectivity index (χ1v) is 6.53. The molecule has 0 spiro atoms. The third-order valence-corrected chi connectivity index (χ3v) is 3.17. The van der Waals surface area contributed by atoms with Crippen molar-refractivity contribution in [2.45, 2.75) is 6.92 Å². The minimum Gasteiger partial charge on any atom is -0.395 e. The Morgan fingerprint density at radius 1 is 1.20 bits per heavy atom. The Labute approximate surface area is 118 Å². The van der Waals surface area contributed by atoms with E-state index in [-0.39, 0.29) is 12.5 Å². The number of aryl methyl sites for hydroxylation is 1. The van der Waals surface area contributed by atoms with Gasteiger partial charge in [-0.2, -0.15) is 0 Å². The van der Waals surface area contributed by atoms with Crippen LogP contribution in [0, 0.1) is 6.92 Å². The molecule has 1 aromatic carbocycles. The lowest BCUT2D eigenvalue weighted by Crippen LogP contribution is -2.30. The van der Waals surface area contributed by atoms with Crippen molar-refractivity contribution in [3.05, 3.63) is 53.7 Å². The SMILES string of the molecule is Cc1nc(-c2ccccc2)ccc1C(=O)N(C)CCO. The van der Waals surface area contributed by atoms with Gasteiger partial charge in [0, 0.05) is 19.2 Å². The van der Waals surface area contributed by atoms with Gasteiger partial charge in [-0.3, -0.25) is 9.78 Å². The number of hydrogen-bond acceptors (Lipinski definition) is 3. The van der Waals surface area contributed by atoms with E-state index in [0.717, 1.165) is 11.3 Å². The van der Waals surface area contributed by atoms with Crippen molar-refractivity contribution in [1.29, 1.82) is 0 Å². The Morgan fingerprint density at radius 2 is 1.90 bits per heavy atom. The Kier molecular flexibility index (Phi) is 4.48. The summed E-state index contributed by atoms with van der Waals surface area (Å²) in [5, 5.41) is 8.89. The van der Waals surface area contributed by atoms with Gasteiger partial charge in [0.2, 0.25) is 0 Å². The standard InChI is InChI=1S/C16H18N2O2/c1-12-14(16(20)18(2)10-11-19)8-9-15(17-12)13-6-4-3-5-7-13/h3-9,19H,10-11H2,1-2H3. The van der Waals surface area contributed by atoms with E-state index in [1.807, 2.05) is 43.3 Å². The topological polar surface area (TPSA) is 53.4 Å². The van der Waals surface area contributed by atoms with Gasteiger partial charge in [-0.1, -0.05) is 30.3 Å². The number of hydrogen-bond donors (Lipinski definition) is 1. The molecule has 0 atom stereocenters. The highest BCUT2D eigenvalue weighted by molar-refractivity contribution is 5.95. The Morgan fingerprint density at radius 3 is 2.50 bits per heavy atom. The molecule has 0 aliphatic heterocycles. The zero-order valence-corrected chi connectivity index (χ0v) is 11.7. The summed E-state index contributed by atoms with van der Waals surface area (Å²) in [6.07, 6.45) is 0. The third-order valence-electron chi connectivity index (χ3n) is 3.17. The number of aliphatic hydroxyl groups is 1. The fraction of sp³-hybridized carbons (Fsp3) is 0.250. The van der Waals surface area contributed by atoms with Crippen LogP contribution in [0.2, 0.25) is 0 Å².